The molecule has 152 valence electrons. The quantitative estimate of drug-likeness (QED) is 0.782. The number of aromatic nitrogens is 2. The van der Waals surface area contributed by atoms with E-state index in [1.54, 1.807) is 0 Å². The van der Waals surface area contributed by atoms with Gasteiger partial charge in [-0.3, -0.25) is 9.89 Å². The van der Waals surface area contributed by atoms with Gasteiger partial charge in [0.1, 0.15) is 0 Å². The minimum absolute atomic E-state index is 0.0149. The third-order valence-electron chi connectivity index (χ3n) is 7.43. The van der Waals surface area contributed by atoms with Gasteiger partial charge in [0.15, 0.2) is 0 Å². The molecule has 0 saturated heterocycles. The van der Waals surface area contributed by atoms with Gasteiger partial charge in [0.05, 0.1) is 12.3 Å². The summed E-state index contributed by atoms with van der Waals surface area (Å²) in [5, 5.41) is 17.1. The molecule has 0 aromatic carbocycles. The number of carbonyl (C=O) groups is 1. The van der Waals surface area contributed by atoms with E-state index in [9.17, 15) is 10.1 Å². The van der Waals surface area contributed by atoms with Crippen molar-refractivity contribution in [2.75, 3.05) is 0 Å². The van der Waals surface area contributed by atoms with Gasteiger partial charge in [0.25, 0.3) is 0 Å². The normalized spacial score (nSPS) is 29.3. The smallest absolute Gasteiger partial charge is 0.226 e. The molecule has 4 aliphatic carbocycles. The number of allylic oxidation sites excluding steroid dienone is 4. The van der Waals surface area contributed by atoms with Crippen LogP contribution in [0.25, 0.3) is 0 Å². The summed E-state index contributed by atoms with van der Waals surface area (Å²) in [6.07, 6.45) is 17.4. The van der Waals surface area contributed by atoms with E-state index < -0.39 is 0 Å². The summed E-state index contributed by atoms with van der Waals surface area (Å²) in [6, 6.07) is 3.19. The lowest BCUT2D eigenvalue weighted by Crippen LogP contribution is -2.47. The highest BCUT2D eigenvalue weighted by molar-refractivity contribution is 5.81. The molecule has 29 heavy (non-hydrogen) atoms. The predicted molar refractivity (Wildman–Crippen MR) is 111 cm³/mol. The molecular formula is C24H30N4O. The van der Waals surface area contributed by atoms with E-state index >= 15 is 0 Å². The van der Waals surface area contributed by atoms with Gasteiger partial charge >= 0.3 is 0 Å². The van der Waals surface area contributed by atoms with Gasteiger partial charge < -0.3 is 4.90 Å². The van der Waals surface area contributed by atoms with Gasteiger partial charge in [0, 0.05) is 29.3 Å². The summed E-state index contributed by atoms with van der Waals surface area (Å²) in [4.78, 5) is 15.9. The van der Waals surface area contributed by atoms with Crippen LogP contribution >= 0.6 is 0 Å². The van der Waals surface area contributed by atoms with Crippen LogP contribution in [0.15, 0.2) is 29.5 Å². The number of rotatable bonds is 4. The summed E-state index contributed by atoms with van der Waals surface area (Å²) in [5.41, 5.74) is 4.77. The summed E-state index contributed by atoms with van der Waals surface area (Å²) in [5.74, 6) is 0.807. The second kappa shape index (κ2) is 7.82. The van der Waals surface area contributed by atoms with Crippen LogP contribution in [0.4, 0.5) is 0 Å². The van der Waals surface area contributed by atoms with E-state index in [1.165, 1.54) is 16.8 Å². The largest absolute Gasteiger partial charge is 0.336 e. The monoisotopic (exact) mass is 390 g/mol. The van der Waals surface area contributed by atoms with Crippen LogP contribution in [-0.4, -0.2) is 33.1 Å². The molecule has 3 unspecified atom stereocenters. The molecule has 0 spiro atoms. The van der Waals surface area contributed by atoms with E-state index in [1.807, 2.05) is 6.20 Å². The molecule has 5 rings (SSSR count). The summed E-state index contributed by atoms with van der Waals surface area (Å²) in [6.45, 7) is 0. The second-order valence-electron chi connectivity index (χ2n) is 9.28. The van der Waals surface area contributed by atoms with Crippen LogP contribution in [0.1, 0.15) is 69.0 Å². The van der Waals surface area contributed by atoms with Crippen molar-refractivity contribution >= 4 is 5.91 Å². The number of nitriles is 1. The highest BCUT2D eigenvalue weighted by Gasteiger charge is 2.42. The first-order chi connectivity index (χ1) is 14.2. The number of aryl methyl sites for hydroxylation is 1. The fourth-order valence-electron chi connectivity index (χ4n) is 5.71. The Kier molecular flexibility index (Phi) is 5.03. The number of H-pyrrole nitrogens is 1. The van der Waals surface area contributed by atoms with Crippen molar-refractivity contribution in [3.63, 3.8) is 0 Å². The third-order valence-corrected chi connectivity index (χ3v) is 7.43. The highest BCUT2D eigenvalue weighted by atomic mass is 16.2. The number of fused-ring (bicyclic) bond motifs is 1. The minimum Gasteiger partial charge on any atom is -0.336 e. The lowest BCUT2D eigenvalue weighted by molar-refractivity contribution is -0.139. The Hall–Kier alpha value is -2.35. The van der Waals surface area contributed by atoms with Crippen LogP contribution in [0.5, 0.6) is 0 Å². The zero-order valence-corrected chi connectivity index (χ0v) is 17.1. The van der Waals surface area contributed by atoms with Crippen molar-refractivity contribution in [3.8, 4) is 6.07 Å². The maximum atomic E-state index is 13.6. The van der Waals surface area contributed by atoms with Crippen LogP contribution in [-0.2, 0) is 17.6 Å². The SMILES string of the molecule is N#CC1=C(C2CC=CCC2)CCC(C(=O)N(C2CC2)C2CCc3[nH]ncc3C2)C1. The topological polar surface area (TPSA) is 72.8 Å². The average Bonchev–Trinajstić information content (AvgIpc) is 3.49. The van der Waals surface area contributed by atoms with Crippen LogP contribution < -0.4 is 0 Å². The molecule has 1 heterocycles. The van der Waals surface area contributed by atoms with Crippen LogP contribution in [0.3, 0.4) is 0 Å². The number of aromatic amines is 1. The summed E-state index contributed by atoms with van der Waals surface area (Å²) >= 11 is 0. The maximum absolute atomic E-state index is 13.6. The molecule has 1 aromatic heterocycles. The van der Waals surface area contributed by atoms with Crippen molar-refractivity contribution in [3.05, 3.63) is 40.8 Å². The predicted octanol–water partition coefficient (Wildman–Crippen LogP) is 4.23. The van der Waals surface area contributed by atoms with Crippen molar-refractivity contribution in [2.45, 2.75) is 82.7 Å². The number of hydrogen-bond donors (Lipinski definition) is 1. The van der Waals surface area contributed by atoms with E-state index in [0.717, 1.165) is 69.8 Å². The molecule has 0 radical (unpaired) electrons. The molecule has 3 atom stereocenters. The van der Waals surface area contributed by atoms with Gasteiger partial charge in [-0.25, -0.2) is 0 Å². The minimum atomic E-state index is -0.0149. The fourth-order valence-corrected chi connectivity index (χ4v) is 5.71. The van der Waals surface area contributed by atoms with Gasteiger partial charge in [-0.1, -0.05) is 17.7 Å². The Morgan fingerprint density at radius 2 is 2.00 bits per heavy atom. The van der Waals surface area contributed by atoms with Crippen molar-refractivity contribution < 1.29 is 4.79 Å². The fraction of sp³-hybridized carbons (Fsp3) is 0.625. The zero-order valence-electron chi connectivity index (χ0n) is 17.1. The molecule has 1 fully saturated rings. The Morgan fingerprint density at radius 3 is 2.76 bits per heavy atom. The first-order valence-corrected chi connectivity index (χ1v) is 11.3. The van der Waals surface area contributed by atoms with Crippen molar-refractivity contribution in [1.82, 2.24) is 15.1 Å². The molecule has 0 aliphatic heterocycles. The number of nitrogens with one attached hydrogen (secondary N) is 1. The number of nitrogens with zero attached hydrogens (tertiary/aromatic N) is 3. The summed E-state index contributed by atoms with van der Waals surface area (Å²) < 4.78 is 0. The Bertz CT molecular complexity index is 885. The number of amides is 1. The molecule has 1 amide bonds. The molecule has 5 nitrogen and oxygen atoms in total. The highest BCUT2D eigenvalue weighted by Crippen LogP contribution is 2.41. The molecule has 1 aromatic rings. The Labute approximate surface area is 172 Å². The van der Waals surface area contributed by atoms with Gasteiger partial charge in [-0.15, -0.1) is 0 Å². The Balaban J connectivity index is 1.32. The van der Waals surface area contributed by atoms with Crippen LogP contribution in [0.2, 0.25) is 0 Å². The maximum Gasteiger partial charge on any atom is 0.226 e. The second-order valence-corrected chi connectivity index (χ2v) is 9.28. The number of carbonyl (C=O) groups excluding carboxylic acids is 1. The Morgan fingerprint density at radius 1 is 1.10 bits per heavy atom. The van der Waals surface area contributed by atoms with Gasteiger partial charge in [-0.2, -0.15) is 10.4 Å². The van der Waals surface area contributed by atoms with E-state index in [-0.39, 0.29) is 5.92 Å². The molecule has 1 N–H and O–H groups in total. The van der Waals surface area contributed by atoms with Crippen molar-refractivity contribution in [2.24, 2.45) is 11.8 Å². The zero-order chi connectivity index (χ0) is 19.8. The lowest BCUT2D eigenvalue weighted by atomic mass is 9.75. The molecule has 4 aliphatic rings. The van der Waals surface area contributed by atoms with Gasteiger partial charge in [-0.05, 0) is 82.1 Å². The van der Waals surface area contributed by atoms with Crippen molar-refractivity contribution in [1.29, 1.82) is 5.26 Å². The summed E-state index contributed by atoms with van der Waals surface area (Å²) in [7, 11) is 0. The molecule has 0 bridgehead atoms. The number of hydrogen-bond acceptors (Lipinski definition) is 3. The average molecular weight is 391 g/mol. The first kappa shape index (κ1) is 18.7. The third kappa shape index (κ3) is 3.66. The van der Waals surface area contributed by atoms with E-state index in [2.05, 4.69) is 33.3 Å². The standard InChI is InChI=1S/C24H30N4O/c25-14-18-12-17(6-10-22(18)16-4-2-1-3-5-16)24(29)28(20-7-8-20)21-9-11-23-19(13-21)15-26-27-23/h1-2,15-17,20-21H,3-13H2,(H,26,27). The van der Waals surface area contributed by atoms with E-state index in [4.69, 9.17) is 0 Å². The van der Waals surface area contributed by atoms with Gasteiger partial charge in [0.2, 0.25) is 5.91 Å². The molecule has 5 heteroatoms. The lowest BCUT2D eigenvalue weighted by Gasteiger charge is -2.38. The van der Waals surface area contributed by atoms with E-state index in [0.29, 0.717) is 30.3 Å². The first-order valence-electron chi connectivity index (χ1n) is 11.3. The molecular weight excluding hydrogens is 360 g/mol. The molecule has 1 saturated carbocycles. The van der Waals surface area contributed by atoms with Crippen LogP contribution in [0, 0.1) is 23.2 Å².